The van der Waals surface area contributed by atoms with Crippen molar-refractivity contribution in [2.45, 2.75) is 115 Å². The lowest BCUT2D eigenvalue weighted by atomic mass is 9.82. The number of carbonyl (C=O) groups is 1. The van der Waals surface area contributed by atoms with E-state index in [9.17, 15) is 15.0 Å². The Morgan fingerprint density at radius 3 is 2.47 bits per heavy atom. The van der Waals surface area contributed by atoms with E-state index in [4.69, 9.17) is 9.47 Å². The maximum absolute atomic E-state index is 13.4. The van der Waals surface area contributed by atoms with Gasteiger partial charge < -0.3 is 19.7 Å². The van der Waals surface area contributed by atoms with Crippen molar-refractivity contribution in [3.05, 3.63) is 35.9 Å². The predicted octanol–water partition coefficient (Wildman–Crippen LogP) is 5.99. The molecule has 1 aromatic rings. The van der Waals surface area contributed by atoms with Crippen LogP contribution in [0.4, 0.5) is 4.79 Å². The van der Waals surface area contributed by atoms with Gasteiger partial charge in [-0.25, -0.2) is 4.79 Å². The van der Waals surface area contributed by atoms with Gasteiger partial charge in [0.15, 0.2) is 0 Å². The van der Waals surface area contributed by atoms with E-state index in [-0.39, 0.29) is 24.7 Å². The summed E-state index contributed by atoms with van der Waals surface area (Å²) in [6, 6.07) is 10.0. The van der Waals surface area contributed by atoms with E-state index in [1.54, 1.807) is 16.7 Å². The number of nitrogens with zero attached hydrogens (tertiary/aromatic N) is 1. The number of rotatable bonds is 10. The van der Waals surface area contributed by atoms with E-state index in [1.807, 2.05) is 52.8 Å². The van der Waals surface area contributed by atoms with Crippen molar-refractivity contribution in [1.29, 1.82) is 0 Å². The molecule has 36 heavy (non-hydrogen) atoms. The Kier molecular flexibility index (Phi) is 10.6. The molecule has 7 heteroatoms. The molecule has 0 radical (unpaired) electrons. The Balaban J connectivity index is 1.70. The van der Waals surface area contributed by atoms with E-state index < -0.39 is 23.5 Å². The first-order valence-corrected chi connectivity index (χ1v) is 14.8. The Morgan fingerprint density at radius 2 is 1.86 bits per heavy atom. The van der Waals surface area contributed by atoms with Crippen LogP contribution < -0.4 is 0 Å². The molecular formula is C29H47NO5S. The average molecular weight is 522 g/mol. The standard InChI is InChI=1S/C29H47NO5S/c1-28(2,3)35-27(33)30-24(16-21-12-8-6-9-13-21)26(34-29(30,4)5)25(32)17-23(18-31)20-36-19-22-14-10-7-11-15-22/h7,10-11,14-15,21,23-26,31-32H,6,8-9,12-13,16-20H2,1-5H3/t23-,24-,25-,26+/m0/s1. The van der Waals surface area contributed by atoms with Gasteiger partial charge in [0.25, 0.3) is 0 Å². The number of amides is 1. The molecule has 1 aliphatic heterocycles. The molecule has 0 bridgehead atoms. The smallest absolute Gasteiger partial charge is 0.412 e. The molecule has 1 heterocycles. The van der Waals surface area contributed by atoms with Crippen LogP contribution in [-0.4, -0.2) is 63.1 Å². The average Bonchev–Trinajstić information content (AvgIpc) is 3.08. The molecule has 2 aliphatic rings. The van der Waals surface area contributed by atoms with Gasteiger partial charge in [-0.2, -0.15) is 11.8 Å². The first-order chi connectivity index (χ1) is 17.0. The molecule has 6 nitrogen and oxygen atoms in total. The summed E-state index contributed by atoms with van der Waals surface area (Å²) in [5, 5.41) is 21.5. The molecule has 1 aromatic carbocycles. The molecule has 1 saturated heterocycles. The molecule has 1 amide bonds. The van der Waals surface area contributed by atoms with Gasteiger partial charge >= 0.3 is 6.09 Å². The fourth-order valence-electron chi connectivity index (χ4n) is 5.61. The summed E-state index contributed by atoms with van der Waals surface area (Å²) < 4.78 is 12.2. The van der Waals surface area contributed by atoms with Crippen molar-refractivity contribution in [3.63, 3.8) is 0 Å². The third-order valence-corrected chi connectivity index (χ3v) is 8.53. The zero-order chi connectivity index (χ0) is 26.3. The molecule has 1 aliphatic carbocycles. The third-order valence-electron chi connectivity index (χ3n) is 7.28. The summed E-state index contributed by atoms with van der Waals surface area (Å²) in [5.74, 6) is 2.08. The summed E-state index contributed by atoms with van der Waals surface area (Å²) in [6.45, 7) is 9.40. The molecule has 2 N–H and O–H groups in total. The van der Waals surface area contributed by atoms with Crippen molar-refractivity contribution >= 4 is 17.9 Å². The molecular weight excluding hydrogens is 474 g/mol. The highest BCUT2D eigenvalue weighted by molar-refractivity contribution is 7.98. The van der Waals surface area contributed by atoms with Crippen LogP contribution in [0.15, 0.2) is 30.3 Å². The monoisotopic (exact) mass is 521 g/mol. The van der Waals surface area contributed by atoms with E-state index >= 15 is 0 Å². The topological polar surface area (TPSA) is 79.2 Å². The molecule has 2 fully saturated rings. The highest BCUT2D eigenvalue weighted by atomic mass is 32.2. The number of thioether (sulfide) groups is 1. The largest absolute Gasteiger partial charge is 0.444 e. The highest BCUT2D eigenvalue weighted by Gasteiger charge is 2.53. The lowest BCUT2D eigenvalue weighted by Crippen LogP contribution is -2.51. The Morgan fingerprint density at radius 1 is 1.19 bits per heavy atom. The van der Waals surface area contributed by atoms with Crippen molar-refractivity contribution in [2.75, 3.05) is 12.4 Å². The first kappa shape index (κ1) is 29.3. The van der Waals surface area contributed by atoms with Gasteiger partial charge in [-0.15, -0.1) is 0 Å². The summed E-state index contributed by atoms with van der Waals surface area (Å²) in [6.07, 6.45) is 5.55. The van der Waals surface area contributed by atoms with Gasteiger partial charge in [-0.3, -0.25) is 4.90 Å². The van der Waals surface area contributed by atoms with Crippen molar-refractivity contribution in [3.8, 4) is 0 Å². The second-order valence-electron chi connectivity index (χ2n) is 12.0. The van der Waals surface area contributed by atoms with Gasteiger partial charge in [0.2, 0.25) is 0 Å². The van der Waals surface area contributed by atoms with Crippen LogP contribution in [0.5, 0.6) is 0 Å². The lowest BCUT2D eigenvalue weighted by Gasteiger charge is -2.37. The number of hydrogen-bond acceptors (Lipinski definition) is 6. The van der Waals surface area contributed by atoms with Gasteiger partial charge in [0, 0.05) is 12.4 Å². The van der Waals surface area contributed by atoms with Crippen LogP contribution >= 0.6 is 11.8 Å². The summed E-state index contributed by atoms with van der Waals surface area (Å²) in [7, 11) is 0. The number of carbonyl (C=O) groups excluding carboxylic acids is 1. The Hall–Kier alpha value is -1.28. The van der Waals surface area contributed by atoms with E-state index in [0.717, 1.165) is 30.8 Å². The maximum atomic E-state index is 13.4. The third kappa shape index (κ3) is 8.37. The van der Waals surface area contributed by atoms with E-state index in [0.29, 0.717) is 12.3 Å². The molecule has 204 valence electrons. The van der Waals surface area contributed by atoms with Crippen LogP contribution in [0.2, 0.25) is 0 Å². The summed E-state index contributed by atoms with van der Waals surface area (Å²) in [4.78, 5) is 15.1. The lowest BCUT2D eigenvalue weighted by molar-refractivity contribution is -0.106. The minimum absolute atomic E-state index is 0.0119. The van der Waals surface area contributed by atoms with Gasteiger partial charge in [-0.05, 0) is 70.6 Å². The van der Waals surface area contributed by atoms with Crippen LogP contribution in [0.25, 0.3) is 0 Å². The van der Waals surface area contributed by atoms with Gasteiger partial charge in [0.1, 0.15) is 17.4 Å². The second kappa shape index (κ2) is 13.0. The molecule has 3 rings (SSSR count). The van der Waals surface area contributed by atoms with Crippen LogP contribution in [0, 0.1) is 11.8 Å². The highest BCUT2D eigenvalue weighted by Crippen LogP contribution is 2.41. The molecule has 0 aromatic heterocycles. The van der Waals surface area contributed by atoms with Crippen molar-refractivity contribution in [1.82, 2.24) is 4.90 Å². The molecule has 0 spiro atoms. The van der Waals surface area contributed by atoms with Crippen LogP contribution in [0.3, 0.4) is 0 Å². The van der Waals surface area contributed by atoms with Gasteiger partial charge in [-0.1, -0.05) is 62.4 Å². The van der Waals surface area contributed by atoms with Crippen LogP contribution in [-0.2, 0) is 15.2 Å². The fraction of sp³-hybridized carbons (Fsp3) is 0.759. The molecule has 4 atom stereocenters. The zero-order valence-electron chi connectivity index (χ0n) is 22.8. The number of ether oxygens (including phenoxy) is 2. The number of aliphatic hydroxyl groups is 2. The quantitative estimate of drug-likeness (QED) is 0.394. The number of hydrogen-bond donors (Lipinski definition) is 2. The van der Waals surface area contributed by atoms with Crippen molar-refractivity contribution < 1.29 is 24.5 Å². The fourth-order valence-corrected chi connectivity index (χ4v) is 6.73. The minimum atomic E-state index is -0.885. The molecule has 0 unspecified atom stereocenters. The van der Waals surface area contributed by atoms with Gasteiger partial charge in [0.05, 0.1) is 12.1 Å². The summed E-state index contributed by atoms with van der Waals surface area (Å²) in [5.41, 5.74) is -0.248. The minimum Gasteiger partial charge on any atom is -0.444 e. The van der Waals surface area contributed by atoms with E-state index in [1.165, 1.54) is 24.8 Å². The SMILES string of the molecule is CC(C)(C)OC(=O)N1[C@@H](CC2CCCCC2)[C@H]([C@@H](O)C[C@@H](CO)CSCc2ccccc2)OC1(C)C. The Bertz CT molecular complexity index is 806. The normalized spacial score (nSPS) is 24.5. The van der Waals surface area contributed by atoms with E-state index in [2.05, 4.69) is 12.1 Å². The molecule has 1 saturated carbocycles. The summed E-state index contributed by atoms with van der Waals surface area (Å²) >= 11 is 1.77. The Labute approximate surface area is 222 Å². The number of benzene rings is 1. The van der Waals surface area contributed by atoms with Crippen molar-refractivity contribution in [2.24, 2.45) is 11.8 Å². The van der Waals surface area contributed by atoms with Crippen LogP contribution in [0.1, 0.15) is 85.1 Å². The first-order valence-electron chi connectivity index (χ1n) is 13.6. The predicted molar refractivity (Wildman–Crippen MR) is 146 cm³/mol. The second-order valence-corrected chi connectivity index (χ2v) is 13.1. The zero-order valence-corrected chi connectivity index (χ0v) is 23.6. The number of aliphatic hydroxyl groups excluding tert-OH is 2. The maximum Gasteiger partial charge on any atom is 0.412 e.